The summed E-state index contributed by atoms with van der Waals surface area (Å²) >= 11 is 6.34. The Kier molecular flexibility index (Phi) is 6.44. The van der Waals surface area contributed by atoms with Crippen LogP contribution in [0.1, 0.15) is 30.7 Å². The SMILES string of the molecule is CN1CC[C@H](c2c(O)cc(O)c3c(=O)cc(-c4ccccc4Cl)oc23)[C@H](OC(=O)[C@@H]2CCCN2)C1. The van der Waals surface area contributed by atoms with Crippen molar-refractivity contribution in [3.05, 3.63) is 57.2 Å². The molecular formula is C26H27ClN2O6. The summed E-state index contributed by atoms with van der Waals surface area (Å²) in [6.45, 7) is 1.92. The Morgan fingerprint density at radius 2 is 2.00 bits per heavy atom. The lowest BCUT2D eigenvalue weighted by molar-refractivity contribution is -0.154. The number of likely N-dealkylation sites (N-methyl/N-ethyl adjacent to an activating group) is 1. The van der Waals surface area contributed by atoms with E-state index in [9.17, 15) is 19.8 Å². The number of phenols is 2. The predicted octanol–water partition coefficient (Wildman–Crippen LogP) is 3.61. The molecular weight excluding hydrogens is 472 g/mol. The lowest BCUT2D eigenvalue weighted by Crippen LogP contribution is -2.45. The topological polar surface area (TPSA) is 112 Å². The van der Waals surface area contributed by atoms with E-state index in [0.717, 1.165) is 25.5 Å². The molecule has 2 aliphatic rings. The van der Waals surface area contributed by atoms with Crippen LogP contribution in [0.5, 0.6) is 11.5 Å². The number of halogens is 1. The van der Waals surface area contributed by atoms with Gasteiger partial charge in [0.25, 0.3) is 0 Å². The number of nitrogens with one attached hydrogen (secondary N) is 1. The van der Waals surface area contributed by atoms with Crippen LogP contribution in [0.4, 0.5) is 0 Å². The second kappa shape index (κ2) is 9.53. The zero-order valence-corrected chi connectivity index (χ0v) is 20.0. The molecule has 0 saturated carbocycles. The van der Waals surface area contributed by atoms with E-state index in [2.05, 4.69) is 10.2 Å². The van der Waals surface area contributed by atoms with E-state index >= 15 is 0 Å². The Hall–Kier alpha value is -3.07. The number of hydrogen-bond acceptors (Lipinski definition) is 8. The zero-order chi connectivity index (χ0) is 24.7. The molecule has 3 N–H and O–H groups in total. The van der Waals surface area contributed by atoms with E-state index in [1.807, 2.05) is 7.05 Å². The summed E-state index contributed by atoms with van der Waals surface area (Å²) in [6, 6.07) is 9.04. The van der Waals surface area contributed by atoms with E-state index < -0.39 is 17.5 Å². The first kappa shape index (κ1) is 23.7. The van der Waals surface area contributed by atoms with Gasteiger partial charge >= 0.3 is 5.97 Å². The molecule has 8 nitrogen and oxygen atoms in total. The second-order valence-electron chi connectivity index (χ2n) is 9.27. The average molecular weight is 499 g/mol. The Morgan fingerprint density at radius 3 is 2.74 bits per heavy atom. The first-order valence-corrected chi connectivity index (χ1v) is 12.1. The molecule has 2 aromatic carbocycles. The number of fused-ring (bicyclic) bond motifs is 1. The Labute approximate surface area is 207 Å². The molecule has 2 aliphatic heterocycles. The van der Waals surface area contributed by atoms with Crippen molar-refractivity contribution in [2.24, 2.45) is 0 Å². The first-order valence-electron chi connectivity index (χ1n) is 11.7. The molecule has 0 unspecified atom stereocenters. The van der Waals surface area contributed by atoms with Gasteiger partial charge in [0.15, 0.2) is 5.43 Å². The van der Waals surface area contributed by atoms with Crippen molar-refractivity contribution in [1.82, 2.24) is 10.2 Å². The van der Waals surface area contributed by atoms with Crippen molar-refractivity contribution in [2.75, 3.05) is 26.7 Å². The van der Waals surface area contributed by atoms with Gasteiger partial charge < -0.3 is 29.6 Å². The molecule has 3 aromatic rings. The van der Waals surface area contributed by atoms with Crippen molar-refractivity contribution in [2.45, 2.75) is 37.3 Å². The third kappa shape index (κ3) is 4.49. The van der Waals surface area contributed by atoms with Crippen LogP contribution < -0.4 is 10.7 Å². The number of piperidine rings is 1. The molecule has 2 fully saturated rings. The summed E-state index contributed by atoms with van der Waals surface area (Å²) in [7, 11) is 1.94. The van der Waals surface area contributed by atoms with E-state index in [1.165, 1.54) is 6.07 Å². The number of esters is 1. The van der Waals surface area contributed by atoms with Gasteiger partial charge in [-0.2, -0.15) is 0 Å². The number of nitrogens with zero attached hydrogens (tertiary/aromatic N) is 1. The van der Waals surface area contributed by atoms with Crippen molar-refractivity contribution < 1.29 is 24.2 Å². The molecule has 184 valence electrons. The molecule has 35 heavy (non-hydrogen) atoms. The summed E-state index contributed by atoms with van der Waals surface area (Å²) in [5, 5.41) is 25.0. The molecule has 9 heteroatoms. The standard InChI is InChI=1S/C26H27ClN2O6/c1-29-10-8-15(22(13-29)35-26(33)17-7-4-9-28-17)23-18(30)11-19(31)24-20(32)12-21(34-25(23)24)14-5-2-3-6-16(14)27/h2-3,5-6,11-12,15,17,22,28,30-31H,4,7-10,13H2,1H3/t15-,17-,22+/m0/s1. The average Bonchev–Trinajstić information content (AvgIpc) is 3.35. The molecule has 2 saturated heterocycles. The number of carbonyl (C=O) groups is 1. The maximum atomic E-state index is 13.1. The van der Waals surface area contributed by atoms with Crippen LogP contribution in [0, 0.1) is 0 Å². The highest BCUT2D eigenvalue weighted by Gasteiger charge is 2.38. The molecule has 3 atom stereocenters. The second-order valence-corrected chi connectivity index (χ2v) is 9.68. The monoisotopic (exact) mass is 498 g/mol. The van der Waals surface area contributed by atoms with Crippen molar-refractivity contribution >= 4 is 28.5 Å². The highest BCUT2D eigenvalue weighted by atomic mass is 35.5. The largest absolute Gasteiger partial charge is 0.507 e. The minimum absolute atomic E-state index is 0.0323. The Bertz CT molecular complexity index is 1330. The third-order valence-electron chi connectivity index (χ3n) is 6.88. The predicted molar refractivity (Wildman–Crippen MR) is 132 cm³/mol. The summed E-state index contributed by atoms with van der Waals surface area (Å²) in [6.07, 6.45) is 1.61. The highest BCUT2D eigenvalue weighted by Crippen LogP contribution is 2.43. The number of benzene rings is 2. The summed E-state index contributed by atoms with van der Waals surface area (Å²) in [5.41, 5.74) is 0.464. The van der Waals surface area contributed by atoms with Gasteiger partial charge in [0.1, 0.15) is 40.4 Å². The molecule has 5 rings (SSSR count). The highest BCUT2D eigenvalue weighted by molar-refractivity contribution is 6.33. The number of aromatic hydroxyl groups is 2. The van der Waals surface area contributed by atoms with Gasteiger partial charge in [-0.05, 0) is 51.5 Å². The van der Waals surface area contributed by atoms with E-state index in [4.69, 9.17) is 20.8 Å². The first-order chi connectivity index (χ1) is 16.8. The molecule has 0 amide bonds. The molecule has 0 aliphatic carbocycles. The van der Waals surface area contributed by atoms with Crippen LogP contribution >= 0.6 is 11.6 Å². The van der Waals surface area contributed by atoms with E-state index in [1.54, 1.807) is 24.3 Å². The quantitative estimate of drug-likeness (QED) is 0.468. The van der Waals surface area contributed by atoms with Gasteiger partial charge in [0, 0.05) is 35.7 Å². The lowest BCUT2D eigenvalue weighted by atomic mass is 9.85. The maximum Gasteiger partial charge on any atom is 0.323 e. The van der Waals surface area contributed by atoms with Gasteiger partial charge in [-0.25, -0.2) is 0 Å². The minimum atomic E-state index is -0.573. The van der Waals surface area contributed by atoms with Crippen LogP contribution in [0.15, 0.2) is 45.6 Å². The van der Waals surface area contributed by atoms with E-state index in [-0.39, 0.29) is 40.2 Å². The number of hydrogen-bond donors (Lipinski definition) is 3. The number of ether oxygens (including phenoxy) is 1. The Balaban J connectivity index is 1.64. The number of likely N-dealkylation sites (tertiary alicyclic amines) is 1. The summed E-state index contributed by atoms with van der Waals surface area (Å²) in [5.74, 6) is -1.14. The summed E-state index contributed by atoms with van der Waals surface area (Å²) in [4.78, 5) is 28.0. The zero-order valence-electron chi connectivity index (χ0n) is 19.3. The van der Waals surface area contributed by atoms with Gasteiger partial charge in [-0.3, -0.25) is 9.59 Å². The molecule has 0 bridgehead atoms. The molecule has 0 spiro atoms. The third-order valence-corrected chi connectivity index (χ3v) is 7.21. The minimum Gasteiger partial charge on any atom is -0.507 e. The summed E-state index contributed by atoms with van der Waals surface area (Å²) < 4.78 is 12.1. The maximum absolute atomic E-state index is 13.1. The van der Waals surface area contributed by atoms with Gasteiger partial charge in [-0.15, -0.1) is 0 Å². The van der Waals surface area contributed by atoms with Crippen molar-refractivity contribution in [1.29, 1.82) is 0 Å². The van der Waals surface area contributed by atoms with Crippen LogP contribution in [-0.2, 0) is 9.53 Å². The fourth-order valence-corrected chi connectivity index (χ4v) is 5.34. The van der Waals surface area contributed by atoms with Crippen LogP contribution in [-0.4, -0.2) is 59.9 Å². The van der Waals surface area contributed by atoms with Gasteiger partial charge in [0.2, 0.25) is 0 Å². The fourth-order valence-electron chi connectivity index (χ4n) is 5.11. The van der Waals surface area contributed by atoms with Gasteiger partial charge in [0.05, 0.1) is 5.02 Å². The number of carbonyl (C=O) groups excluding carboxylic acids is 1. The normalized spacial score (nSPS) is 23.0. The number of rotatable bonds is 4. The Morgan fingerprint density at radius 1 is 1.20 bits per heavy atom. The van der Waals surface area contributed by atoms with Crippen LogP contribution in [0.2, 0.25) is 5.02 Å². The van der Waals surface area contributed by atoms with Crippen LogP contribution in [0.3, 0.4) is 0 Å². The lowest BCUT2D eigenvalue weighted by Gasteiger charge is -2.37. The van der Waals surface area contributed by atoms with Crippen molar-refractivity contribution in [3.63, 3.8) is 0 Å². The van der Waals surface area contributed by atoms with Crippen LogP contribution in [0.25, 0.3) is 22.3 Å². The van der Waals surface area contributed by atoms with Crippen molar-refractivity contribution in [3.8, 4) is 22.8 Å². The van der Waals surface area contributed by atoms with Gasteiger partial charge in [-0.1, -0.05) is 23.7 Å². The smallest absolute Gasteiger partial charge is 0.323 e. The van der Waals surface area contributed by atoms with E-state index in [0.29, 0.717) is 35.7 Å². The fraction of sp³-hybridized carbons (Fsp3) is 0.385. The molecule has 3 heterocycles. The number of phenolic OH excluding ortho intramolecular Hbond substituents is 2. The molecule has 1 aromatic heterocycles. The molecule has 0 radical (unpaired) electrons.